The van der Waals surface area contributed by atoms with Crippen LogP contribution in [0.4, 0.5) is 0 Å². The van der Waals surface area contributed by atoms with Crippen molar-refractivity contribution in [1.29, 1.82) is 0 Å². The summed E-state index contributed by atoms with van der Waals surface area (Å²) in [6.45, 7) is 4.43. The first-order valence-electron chi connectivity index (χ1n) is 13.4. The third-order valence-electron chi connectivity index (χ3n) is 6.24. The first-order chi connectivity index (χ1) is 19.1. The Morgan fingerprint density at radius 1 is 1.00 bits per heavy atom. The Morgan fingerprint density at radius 2 is 1.73 bits per heavy atom. The number of methoxy groups -OCH3 is 1. The number of rotatable bonds is 16. The van der Waals surface area contributed by atoms with Gasteiger partial charge in [-0.05, 0) is 25.3 Å². The maximum absolute atomic E-state index is 13.1. The molecule has 0 aromatic heterocycles. The standard InChI is InChI=1S/C28H41NO11/c1-18-24(29-27(34)22(40-20(3)31)14-16-36-19(2)30)26(38-17-21-11-7-5-8-12-21)25(33)28(39-18)37-15-10-6-9-13-23(32)35-4/h5,7-8,11-12,18,22,24-26,28,33H,6,9-10,13-17H2,1-4H3,(H,29,34)/t18-,22-,24-,25+,26+,28+/m1/s1. The van der Waals surface area contributed by atoms with E-state index in [1.54, 1.807) is 6.92 Å². The van der Waals surface area contributed by atoms with E-state index in [0.717, 1.165) is 12.0 Å². The van der Waals surface area contributed by atoms with E-state index >= 15 is 0 Å². The molecule has 0 unspecified atom stereocenters. The van der Waals surface area contributed by atoms with Gasteiger partial charge in [0.2, 0.25) is 0 Å². The quantitative estimate of drug-likeness (QED) is 0.171. The monoisotopic (exact) mass is 567 g/mol. The van der Waals surface area contributed by atoms with Crippen LogP contribution >= 0.6 is 0 Å². The number of esters is 3. The van der Waals surface area contributed by atoms with Crippen molar-refractivity contribution in [2.24, 2.45) is 0 Å². The molecular weight excluding hydrogens is 526 g/mol. The highest BCUT2D eigenvalue weighted by Crippen LogP contribution is 2.26. The number of carbonyl (C=O) groups is 4. The van der Waals surface area contributed by atoms with Gasteiger partial charge in [0.15, 0.2) is 12.4 Å². The zero-order valence-corrected chi connectivity index (χ0v) is 23.5. The molecule has 1 aromatic rings. The molecule has 224 valence electrons. The van der Waals surface area contributed by atoms with Gasteiger partial charge in [-0.15, -0.1) is 0 Å². The third kappa shape index (κ3) is 11.6. The number of amides is 1. The van der Waals surface area contributed by atoms with Gasteiger partial charge in [-0.25, -0.2) is 0 Å². The molecule has 0 spiro atoms. The summed E-state index contributed by atoms with van der Waals surface area (Å²) in [6.07, 6.45) is -2.79. The van der Waals surface area contributed by atoms with Gasteiger partial charge in [0.1, 0.15) is 12.2 Å². The number of aliphatic hydroxyl groups is 1. The van der Waals surface area contributed by atoms with Crippen LogP contribution in [0.3, 0.4) is 0 Å². The number of nitrogens with one attached hydrogen (secondary N) is 1. The molecule has 2 N–H and O–H groups in total. The highest BCUT2D eigenvalue weighted by molar-refractivity contribution is 5.83. The lowest BCUT2D eigenvalue weighted by Crippen LogP contribution is -2.65. The van der Waals surface area contributed by atoms with Crippen molar-refractivity contribution in [2.45, 2.75) is 96.2 Å². The van der Waals surface area contributed by atoms with E-state index in [-0.39, 0.29) is 32.2 Å². The molecule has 12 nitrogen and oxygen atoms in total. The van der Waals surface area contributed by atoms with Crippen LogP contribution in [0.2, 0.25) is 0 Å². The summed E-state index contributed by atoms with van der Waals surface area (Å²) in [5.41, 5.74) is 0.862. The highest BCUT2D eigenvalue weighted by Gasteiger charge is 2.46. The summed E-state index contributed by atoms with van der Waals surface area (Å²) in [6, 6.07) is 8.52. The van der Waals surface area contributed by atoms with Crippen LogP contribution in [0.1, 0.15) is 58.4 Å². The maximum Gasteiger partial charge on any atom is 0.305 e. The second-order valence-electron chi connectivity index (χ2n) is 9.48. The van der Waals surface area contributed by atoms with Crippen molar-refractivity contribution in [3.8, 4) is 0 Å². The lowest BCUT2D eigenvalue weighted by atomic mass is 9.96. The zero-order valence-electron chi connectivity index (χ0n) is 23.5. The first-order valence-corrected chi connectivity index (χ1v) is 13.4. The van der Waals surface area contributed by atoms with E-state index in [2.05, 4.69) is 10.1 Å². The highest BCUT2D eigenvalue weighted by atomic mass is 16.7. The first kappa shape index (κ1) is 33.1. The van der Waals surface area contributed by atoms with Gasteiger partial charge in [0, 0.05) is 33.3 Å². The van der Waals surface area contributed by atoms with E-state index < -0.39 is 54.6 Å². The molecular formula is C28H41NO11. The summed E-state index contributed by atoms with van der Waals surface area (Å²) in [7, 11) is 1.35. The Hall–Kier alpha value is -3.06. The zero-order chi connectivity index (χ0) is 29.5. The molecule has 0 radical (unpaired) electrons. The van der Waals surface area contributed by atoms with Crippen molar-refractivity contribution in [3.05, 3.63) is 35.9 Å². The van der Waals surface area contributed by atoms with Gasteiger partial charge in [-0.1, -0.05) is 36.8 Å². The average molecular weight is 568 g/mol. The van der Waals surface area contributed by atoms with E-state index in [4.69, 9.17) is 23.7 Å². The third-order valence-corrected chi connectivity index (χ3v) is 6.24. The van der Waals surface area contributed by atoms with Gasteiger partial charge in [0.25, 0.3) is 5.91 Å². The molecule has 1 heterocycles. The van der Waals surface area contributed by atoms with Crippen molar-refractivity contribution in [2.75, 3.05) is 20.3 Å². The van der Waals surface area contributed by atoms with Gasteiger partial charge in [0.05, 0.1) is 32.5 Å². The fourth-order valence-corrected chi connectivity index (χ4v) is 4.18. The van der Waals surface area contributed by atoms with Crippen molar-refractivity contribution in [1.82, 2.24) is 5.32 Å². The summed E-state index contributed by atoms with van der Waals surface area (Å²) >= 11 is 0. The van der Waals surface area contributed by atoms with Crippen LogP contribution in [-0.2, 0) is 54.2 Å². The van der Waals surface area contributed by atoms with Gasteiger partial charge >= 0.3 is 17.9 Å². The number of carbonyl (C=O) groups excluding carboxylic acids is 4. The van der Waals surface area contributed by atoms with Crippen molar-refractivity contribution < 1.29 is 52.7 Å². The SMILES string of the molecule is COC(=O)CCCCCO[C@H]1O[C@H](C)[C@@H](NC(=O)[C@@H](CCOC(C)=O)OC(C)=O)[C@H](OCc2ccccc2)[C@@H]1O. The molecule has 1 saturated heterocycles. The molecule has 1 amide bonds. The number of benzene rings is 1. The Balaban J connectivity index is 2.08. The second kappa shape index (κ2) is 17.6. The minimum absolute atomic E-state index is 0.0489. The van der Waals surface area contributed by atoms with Crippen LogP contribution in [-0.4, -0.2) is 86.0 Å². The van der Waals surface area contributed by atoms with Crippen molar-refractivity contribution >= 4 is 23.8 Å². The number of aliphatic hydroxyl groups excluding tert-OH is 1. The number of hydrogen-bond acceptors (Lipinski definition) is 11. The molecule has 6 atom stereocenters. The molecule has 1 fully saturated rings. The van der Waals surface area contributed by atoms with Crippen LogP contribution in [0.15, 0.2) is 30.3 Å². The van der Waals surface area contributed by atoms with Crippen LogP contribution in [0, 0.1) is 0 Å². The molecule has 1 aromatic carbocycles. The minimum atomic E-state index is -1.26. The Labute approximate surface area is 234 Å². The fourth-order valence-electron chi connectivity index (χ4n) is 4.18. The Bertz CT molecular complexity index is 941. The molecule has 12 heteroatoms. The number of unbranched alkanes of at least 4 members (excludes halogenated alkanes) is 2. The lowest BCUT2D eigenvalue weighted by molar-refractivity contribution is -0.280. The summed E-state index contributed by atoms with van der Waals surface area (Å²) < 4.78 is 32.5. The summed E-state index contributed by atoms with van der Waals surface area (Å²) in [5, 5.41) is 14.0. The van der Waals surface area contributed by atoms with Crippen LogP contribution in [0.25, 0.3) is 0 Å². The second-order valence-corrected chi connectivity index (χ2v) is 9.48. The maximum atomic E-state index is 13.1. The molecule has 40 heavy (non-hydrogen) atoms. The number of hydrogen-bond donors (Lipinski definition) is 2. The number of ether oxygens (including phenoxy) is 6. The predicted molar refractivity (Wildman–Crippen MR) is 141 cm³/mol. The van der Waals surface area contributed by atoms with E-state index in [1.165, 1.54) is 21.0 Å². The minimum Gasteiger partial charge on any atom is -0.469 e. The topological polar surface area (TPSA) is 156 Å². The summed E-state index contributed by atoms with van der Waals surface area (Å²) in [5.74, 6) is -2.11. The van der Waals surface area contributed by atoms with Gasteiger partial charge in [-0.2, -0.15) is 0 Å². The van der Waals surface area contributed by atoms with Crippen LogP contribution < -0.4 is 5.32 Å². The molecule has 0 saturated carbocycles. The van der Waals surface area contributed by atoms with Crippen LogP contribution in [0.5, 0.6) is 0 Å². The largest absolute Gasteiger partial charge is 0.469 e. The molecule has 1 aliphatic heterocycles. The van der Waals surface area contributed by atoms with Crippen molar-refractivity contribution in [3.63, 3.8) is 0 Å². The Morgan fingerprint density at radius 3 is 2.38 bits per heavy atom. The molecule has 0 bridgehead atoms. The van der Waals surface area contributed by atoms with Gasteiger partial charge < -0.3 is 38.8 Å². The summed E-state index contributed by atoms with van der Waals surface area (Å²) in [4.78, 5) is 47.1. The average Bonchev–Trinajstić information content (AvgIpc) is 2.92. The van der Waals surface area contributed by atoms with Gasteiger partial charge in [-0.3, -0.25) is 19.2 Å². The molecule has 0 aliphatic carbocycles. The fraction of sp³-hybridized carbons (Fsp3) is 0.643. The predicted octanol–water partition coefficient (Wildman–Crippen LogP) is 1.80. The van der Waals surface area contributed by atoms with E-state index in [9.17, 15) is 24.3 Å². The molecule has 2 rings (SSSR count). The smallest absolute Gasteiger partial charge is 0.305 e. The van der Waals surface area contributed by atoms with E-state index in [0.29, 0.717) is 19.3 Å². The normalized spacial score (nSPS) is 23.1. The Kier molecular flexibility index (Phi) is 14.6. The molecule has 1 aliphatic rings. The van der Waals surface area contributed by atoms with E-state index in [1.807, 2.05) is 30.3 Å². The lowest BCUT2D eigenvalue weighted by Gasteiger charge is -2.44.